The van der Waals surface area contributed by atoms with E-state index in [1.807, 2.05) is 13.0 Å². The van der Waals surface area contributed by atoms with Gasteiger partial charge in [-0.15, -0.1) is 0 Å². The smallest absolute Gasteiger partial charge is 0.227 e. The predicted octanol–water partition coefficient (Wildman–Crippen LogP) is 2.31. The molecule has 0 amide bonds. The van der Waals surface area contributed by atoms with E-state index >= 15 is 0 Å². The highest BCUT2D eigenvalue weighted by atomic mass is 127. The van der Waals surface area contributed by atoms with Crippen molar-refractivity contribution in [3.8, 4) is 5.88 Å². The Kier molecular flexibility index (Phi) is 2.70. The molecule has 0 spiro atoms. The number of nitrogens with zero attached hydrogens (tertiary/aromatic N) is 1. The molecular weight excluding hydrogens is 253 g/mol. The zero-order valence-corrected chi connectivity index (χ0v) is 8.97. The normalized spacial score (nSPS) is 9.82. The van der Waals surface area contributed by atoms with Crippen LogP contribution in [0.2, 0.25) is 0 Å². The van der Waals surface area contributed by atoms with Gasteiger partial charge in [0.1, 0.15) is 0 Å². The average molecular weight is 263 g/mol. The molecule has 0 atom stereocenters. The molecule has 0 N–H and O–H groups in total. The molecule has 1 aromatic rings. The maximum atomic E-state index is 5.09. The third-order valence-corrected chi connectivity index (χ3v) is 2.74. The van der Waals surface area contributed by atoms with Crippen LogP contribution in [0.4, 0.5) is 0 Å². The molecule has 0 saturated carbocycles. The van der Waals surface area contributed by atoms with Crippen molar-refractivity contribution in [3.05, 3.63) is 20.9 Å². The molecule has 1 aromatic heterocycles. The molecule has 2 nitrogen and oxygen atoms in total. The van der Waals surface area contributed by atoms with Crippen LogP contribution < -0.4 is 4.74 Å². The van der Waals surface area contributed by atoms with E-state index in [1.165, 1.54) is 5.56 Å². The number of methoxy groups -OCH3 is 1. The SMILES string of the molecule is COc1nc(C)cc(C)c1I. The Balaban J connectivity index is 3.24. The van der Waals surface area contributed by atoms with Crippen LogP contribution in [-0.2, 0) is 0 Å². The Morgan fingerprint density at radius 3 is 2.64 bits per heavy atom. The van der Waals surface area contributed by atoms with Crippen LogP contribution >= 0.6 is 22.6 Å². The van der Waals surface area contributed by atoms with Crippen LogP contribution in [-0.4, -0.2) is 12.1 Å². The van der Waals surface area contributed by atoms with Crippen LogP contribution in [0.1, 0.15) is 11.3 Å². The Labute approximate surface area is 80.1 Å². The van der Waals surface area contributed by atoms with Crippen molar-refractivity contribution in [3.63, 3.8) is 0 Å². The molecule has 3 heteroatoms. The summed E-state index contributed by atoms with van der Waals surface area (Å²) in [5, 5.41) is 0. The lowest BCUT2D eigenvalue weighted by molar-refractivity contribution is 0.393. The molecule has 1 heterocycles. The standard InChI is InChI=1S/C8H10INO/c1-5-4-6(2)10-8(11-3)7(5)9/h4H,1-3H3. The van der Waals surface area contributed by atoms with Crippen LogP contribution in [0, 0.1) is 17.4 Å². The van der Waals surface area contributed by atoms with Gasteiger partial charge in [0.2, 0.25) is 5.88 Å². The van der Waals surface area contributed by atoms with Gasteiger partial charge in [-0.3, -0.25) is 0 Å². The van der Waals surface area contributed by atoms with Crippen LogP contribution in [0.15, 0.2) is 6.07 Å². The number of ether oxygens (including phenoxy) is 1. The lowest BCUT2D eigenvalue weighted by atomic mass is 10.2. The van der Waals surface area contributed by atoms with Crippen molar-refractivity contribution < 1.29 is 4.74 Å². The van der Waals surface area contributed by atoms with Gasteiger partial charge < -0.3 is 4.74 Å². The molecular formula is C8H10INO. The third-order valence-electron chi connectivity index (χ3n) is 1.43. The molecule has 11 heavy (non-hydrogen) atoms. The van der Waals surface area contributed by atoms with Gasteiger partial charge >= 0.3 is 0 Å². The first-order valence-corrected chi connectivity index (χ1v) is 4.40. The summed E-state index contributed by atoms with van der Waals surface area (Å²) < 4.78 is 6.18. The van der Waals surface area contributed by atoms with Crippen molar-refractivity contribution in [1.82, 2.24) is 4.98 Å². The van der Waals surface area contributed by atoms with Crippen LogP contribution in [0.25, 0.3) is 0 Å². The van der Waals surface area contributed by atoms with E-state index < -0.39 is 0 Å². The maximum Gasteiger partial charge on any atom is 0.227 e. The molecule has 0 aliphatic carbocycles. The van der Waals surface area contributed by atoms with Crippen molar-refractivity contribution in [2.45, 2.75) is 13.8 Å². The minimum Gasteiger partial charge on any atom is -0.480 e. The first-order chi connectivity index (χ1) is 5.15. The molecule has 60 valence electrons. The summed E-state index contributed by atoms with van der Waals surface area (Å²) in [4.78, 5) is 4.22. The lowest BCUT2D eigenvalue weighted by Crippen LogP contribution is -1.95. The number of aromatic nitrogens is 1. The van der Waals surface area contributed by atoms with E-state index in [1.54, 1.807) is 7.11 Å². The Bertz CT molecular complexity index is 273. The van der Waals surface area contributed by atoms with Crippen molar-refractivity contribution in [1.29, 1.82) is 0 Å². The van der Waals surface area contributed by atoms with E-state index in [0.717, 1.165) is 15.1 Å². The third kappa shape index (κ3) is 1.83. The number of rotatable bonds is 1. The largest absolute Gasteiger partial charge is 0.480 e. The lowest BCUT2D eigenvalue weighted by Gasteiger charge is -2.05. The highest BCUT2D eigenvalue weighted by Crippen LogP contribution is 2.21. The topological polar surface area (TPSA) is 22.1 Å². The van der Waals surface area contributed by atoms with Gasteiger partial charge in [0.15, 0.2) is 0 Å². The van der Waals surface area contributed by atoms with Gasteiger partial charge in [-0.25, -0.2) is 4.98 Å². The van der Waals surface area contributed by atoms with Gasteiger partial charge in [0.25, 0.3) is 0 Å². The summed E-state index contributed by atoms with van der Waals surface area (Å²) in [6.07, 6.45) is 0. The highest BCUT2D eigenvalue weighted by Gasteiger charge is 2.04. The van der Waals surface area contributed by atoms with Gasteiger partial charge in [0, 0.05) is 5.69 Å². The van der Waals surface area contributed by atoms with E-state index in [4.69, 9.17) is 4.74 Å². The molecule has 0 unspecified atom stereocenters. The van der Waals surface area contributed by atoms with Gasteiger partial charge in [-0.05, 0) is 48.1 Å². The molecule has 1 rings (SSSR count). The van der Waals surface area contributed by atoms with E-state index in [2.05, 4.69) is 34.5 Å². The minimum absolute atomic E-state index is 0.725. The zero-order chi connectivity index (χ0) is 8.43. The Morgan fingerprint density at radius 1 is 1.45 bits per heavy atom. The van der Waals surface area contributed by atoms with Crippen LogP contribution in [0.3, 0.4) is 0 Å². The summed E-state index contributed by atoms with van der Waals surface area (Å²) in [6.45, 7) is 4.02. The molecule has 0 aromatic carbocycles. The predicted molar refractivity (Wildman–Crippen MR) is 53.0 cm³/mol. The number of hydrogen-bond acceptors (Lipinski definition) is 2. The molecule has 0 aliphatic rings. The molecule has 0 radical (unpaired) electrons. The second-order valence-corrected chi connectivity index (χ2v) is 3.48. The number of pyridine rings is 1. The molecule has 0 saturated heterocycles. The zero-order valence-electron chi connectivity index (χ0n) is 6.81. The summed E-state index contributed by atoms with van der Waals surface area (Å²) >= 11 is 2.23. The van der Waals surface area contributed by atoms with Crippen LogP contribution in [0.5, 0.6) is 5.88 Å². The molecule has 0 bridgehead atoms. The first-order valence-electron chi connectivity index (χ1n) is 3.33. The molecule has 0 aliphatic heterocycles. The second-order valence-electron chi connectivity index (χ2n) is 2.40. The number of halogens is 1. The summed E-state index contributed by atoms with van der Waals surface area (Å²) in [7, 11) is 1.64. The average Bonchev–Trinajstić information content (AvgIpc) is 1.96. The maximum absolute atomic E-state index is 5.09. The second kappa shape index (κ2) is 3.38. The van der Waals surface area contributed by atoms with Crippen molar-refractivity contribution in [2.75, 3.05) is 7.11 Å². The first kappa shape index (κ1) is 8.77. The Hall–Kier alpha value is -0.320. The fourth-order valence-corrected chi connectivity index (χ4v) is 1.42. The summed E-state index contributed by atoms with van der Waals surface area (Å²) in [6, 6.07) is 2.05. The Morgan fingerprint density at radius 2 is 2.09 bits per heavy atom. The van der Waals surface area contributed by atoms with Crippen molar-refractivity contribution >= 4 is 22.6 Å². The fourth-order valence-electron chi connectivity index (χ4n) is 0.922. The number of aryl methyl sites for hydroxylation is 2. The highest BCUT2D eigenvalue weighted by molar-refractivity contribution is 14.1. The fraction of sp³-hybridized carbons (Fsp3) is 0.375. The van der Waals surface area contributed by atoms with Crippen molar-refractivity contribution in [2.24, 2.45) is 0 Å². The summed E-state index contributed by atoms with van der Waals surface area (Å²) in [5.41, 5.74) is 2.22. The monoisotopic (exact) mass is 263 g/mol. The van der Waals surface area contributed by atoms with E-state index in [0.29, 0.717) is 0 Å². The van der Waals surface area contributed by atoms with E-state index in [-0.39, 0.29) is 0 Å². The summed E-state index contributed by atoms with van der Waals surface area (Å²) in [5.74, 6) is 0.725. The minimum atomic E-state index is 0.725. The van der Waals surface area contributed by atoms with E-state index in [9.17, 15) is 0 Å². The van der Waals surface area contributed by atoms with Gasteiger partial charge in [-0.2, -0.15) is 0 Å². The molecule has 0 fully saturated rings. The van der Waals surface area contributed by atoms with Gasteiger partial charge in [0.05, 0.1) is 10.7 Å². The quantitative estimate of drug-likeness (QED) is 0.725. The van der Waals surface area contributed by atoms with Gasteiger partial charge in [-0.1, -0.05) is 0 Å². The number of hydrogen-bond donors (Lipinski definition) is 0.